The van der Waals surface area contributed by atoms with Crippen molar-refractivity contribution in [2.45, 2.75) is 6.54 Å². The first-order valence-corrected chi connectivity index (χ1v) is 6.14. The van der Waals surface area contributed by atoms with E-state index in [1.165, 1.54) is 16.8 Å². The molecule has 3 aromatic rings. The number of halogens is 2. The molecule has 0 bridgehead atoms. The van der Waals surface area contributed by atoms with Gasteiger partial charge in [0.2, 0.25) is 0 Å². The quantitative estimate of drug-likeness (QED) is 0.797. The molecule has 1 heterocycles. The molecule has 0 radical (unpaired) electrons. The fourth-order valence-electron chi connectivity index (χ4n) is 2.16. The van der Waals surface area contributed by atoms with Gasteiger partial charge in [0.05, 0.1) is 5.52 Å². The van der Waals surface area contributed by atoms with Gasteiger partial charge in [0.25, 0.3) is 0 Å². The molecule has 0 aliphatic heterocycles. The number of hydrogen-bond donors (Lipinski definition) is 1. The third-order valence-electron chi connectivity index (χ3n) is 3.02. The Kier molecular flexibility index (Phi) is 3.15. The molecule has 4 nitrogen and oxygen atoms in total. The summed E-state index contributed by atoms with van der Waals surface area (Å²) in [5.74, 6) is -1.32. The minimum absolute atomic E-state index is 0.210. The highest BCUT2D eigenvalue weighted by atomic mass is 19.1. The predicted octanol–water partition coefficient (Wildman–Crippen LogP) is 2.42. The minimum Gasteiger partial charge on any atom is -0.316 e. The summed E-state index contributed by atoms with van der Waals surface area (Å²) in [6.07, 6.45) is 0. The molecule has 1 aromatic heterocycles. The topological polar surface area (TPSA) is 42.7 Å². The van der Waals surface area contributed by atoms with E-state index in [0.29, 0.717) is 23.1 Å². The molecule has 0 atom stereocenters. The van der Waals surface area contributed by atoms with Gasteiger partial charge in [-0.3, -0.25) is 0 Å². The van der Waals surface area contributed by atoms with E-state index in [0.717, 1.165) is 0 Å². The van der Waals surface area contributed by atoms with Gasteiger partial charge in [-0.15, -0.1) is 5.10 Å². The molecule has 0 saturated carbocycles. The summed E-state index contributed by atoms with van der Waals surface area (Å²) < 4.78 is 29.5. The van der Waals surface area contributed by atoms with Crippen LogP contribution in [0, 0.1) is 11.6 Å². The molecule has 2 aromatic carbocycles. The number of para-hydroxylation sites is 1. The number of aromatic nitrogens is 3. The fraction of sp³-hybridized carbons (Fsp3) is 0.143. The predicted molar refractivity (Wildman–Crippen MR) is 71.5 cm³/mol. The first-order chi connectivity index (χ1) is 9.70. The van der Waals surface area contributed by atoms with Crippen molar-refractivity contribution in [2.24, 2.45) is 0 Å². The lowest BCUT2D eigenvalue weighted by molar-refractivity contribution is 0.554. The van der Waals surface area contributed by atoms with Crippen LogP contribution in [0.3, 0.4) is 0 Å². The standard InChI is InChI=1S/C14H12F2N4/c1-17-8-9-6-10(15)14(11(16)7-9)20-13-5-3-2-4-12(13)18-19-20/h2-7,17H,8H2,1H3. The van der Waals surface area contributed by atoms with Crippen molar-refractivity contribution in [2.75, 3.05) is 7.05 Å². The van der Waals surface area contributed by atoms with Crippen molar-refractivity contribution in [3.8, 4) is 5.69 Å². The Bertz CT molecular complexity index is 744. The summed E-state index contributed by atoms with van der Waals surface area (Å²) in [4.78, 5) is 0. The maximum atomic E-state index is 14.2. The van der Waals surface area contributed by atoms with Crippen molar-refractivity contribution in [1.82, 2.24) is 20.3 Å². The summed E-state index contributed by atoms with van der Waals surface area (Å²) in [7, 11) is 1.72. The first kappa shape index (κ1) is 12.7. The molecular formula is C14H12F2N4. The molecule has 0 amide bonds. The van der Waals surface area contributed by atoms with E-state index in [9.17, 15) is 8.78 Å². The summed E-state index contributed by atoms with van der Waals surface area (Å²) in [5, 5.41) is 10.6. The van der Waals surface area contributed by atoms with E-state index in [4.69, 9.17) is 0 Å². The van der Waals surface area contributed by atoms with Crippen LogP contribution >= 0.6 is 0 Å². The van der Waals surface area contributed by atoms with E-state index in [-0.39, 0.29) is 5.69 Å². The van der Waals surface area contributed by atoms with Gasteiger partial charge in [-0.05, 0) is 36.9 Å². The van der Waals surface area contributed by atoms with Crippen LogP contribution in [0.4, 0.5) is 8.78 Å². The van der Waals surface area contributed by atoms with Gasteiger partial charge in [0.1, 0.15) is 11.2 Å². The number of hydrogen-bond acceptors (Lipinski definition) is 3. The zero-order chi connectivity index (χ0) is 14.1. The third-order valence-corrected chi connectivity index (χ3v) is 3.02. The number of nitrogens with one attached hydrogen (secondary N) is 1. The number of fused-ring (bicyclic) bond motifs is 1. The second kappa shape index (κ2) is 4.97. The number of benzene rings is 2. The average molecular weight is 274 g/mol. The second-order valence-corrected chi connectivity index (χ2v) is 4.43. The molecule has 0 saturated heterocycles. The van der Waals surface area contributed by atoms with Gasteiger partial charge >= 0.3 is 0 Å². The Morgan fingerprint density at radius 3 is 2.55 bits per heavy atom. The molecular weight excluding hydrogens is 262 g/mol. The molecule has 102 valence electrons. The molecule has 20 heavy (non-hydrogen) atoms. The van der Waals surface area contributed by atoms with Gasteiger partial charge < -0.3 is 5.32 Å². The maximum Gasteiger partial charge on any atom is 0.152 e. The van der Waals surface area contributed by atoms with Gasteiger partial charge in [0.15, 0.2) is 11.6 Å². The van der Waals surface area contributed by atoms with E-state index >= 15 is 0 Å². The van der Waals surface area contributed by atoms with Gasteiger partial charge in [-0.1, -0.05) is 17.3 Å². The van der Waals surface area contributed by atoms with E-state index in [2.05, 4.69) is 15.6 Å². The van der Waals surface area contributed by atoms with Crippen LogP contribution in [0.25, 0.3) is 16.7 Å². The molecule has 6 heteroatoms. The van der Waals surface area contributed by atoms with Crippen molar-refractivity contribution in [3.05, 3.63) is 53.6 Å². The highest BCUT2D eigenvalue weighted by molar-refractivity contribution is 5.76. The SMILES string of the molecule is CNCc1cc(F)c(-n2nnc3ccccc32)c(F)c1. The molecule has 0 aliphatic rings. The van der Waals surface area contributed by atoms with Crippen molar-refractivity contribution in [3.63, 3.8) is 0 Å². The van der Waals surface area contributed by atoms with Crippen LogP contribution in [0.1, 0.15) is 5.56 Å². The Labute approximate surface area is 114 Å². The second-order valence-electron chi connectivity index (χ2n) is 4.43. The van der Waals surface area contributed by atoms with Crippen molar-refractivity contribution in [1.29, 1.82) is 0 Å². The van der Waals surface area contributed by atoms with Crippen LogP contribution in [-0.4, -0.2) is 22.0 Å². The Morgan fingerprint density at radius 2 is 1.85 bits per heavy atom. The normalized spacial score (nSPS) is 11.2. The summed E-state index contributed by atoms with van der Waals surface area (Å²) >= 11 is 0. The van der Waals surface area contributed by atoms with Crippen LogP contribution in [0.5, 0.6) is 0 Å². The Balaban J connectivity index is 2.19. The number of rotatable bonds is 3. The molecule has 0 unspecified atom stereocenters. The van der Waals surface area contributed by atoms with Gasteiger partial charge in [-0.25, -0.2) is 13.5 Å². The first-order valence-electron chi connectivity index (χ1n) is 6.14. The summed E-state index contributed by atoms with van der Waals surface area (Å²) in [6, 6.07) is 9.62. The van der Waals surface area contributed by atoms with Crippen LogP contribution in [0.2, 0.25) is 0 Å². The summed E-state index contributed by atoms with van der Waals surface area (Å²) in [6.45, 7) is 0.395. The Morgan fingerprint density at radius 1 is 1.15 bits per heavy atom. The largest absolute Gasteiger partial charge is 0.316 e. The molecule has 0 aliphatic carbocycles. The highest BCUT2D eigenvalue weighted by Crippen LogP contribution is 2.22. The van der Waals surface area contributed by atoms with Gasteiger partial charge in [0, 0.05) is 6.54 Å². The van der Waals surface area contributed by atoms with Gasteiger partial charge in [-0.2, -0.15) is 0 Å². The smallest absolute Gasteiger partial charge is 0.152 e. The Hall–Kier alpha value is -2.34. The molecule has 3 rings (SSSR count). The van der Waals surface area contributed by atoms with E-state index in [1.54, 1.807) is 31.3 Å². The maximum absolute atomic E-state index is 14.2. The monoisotopic (exact) mass is 274 g/mol. The lowest BCUT2D eigenvalue weighted by Gasteiger charge is -2.08. The molecule has 0 spiro atoms. The molecule has 1 N–H and O–H groups in total. The highest BCUT2D eigenvalue weighted by Gasteiger charge is 2.16. The average Bonchev–Trinajstić information content (AvgIpc) is 2.83. The zero-order valence-electron chi connectivity index (χ0n) is 10.8. The van der Waals surface area contributed by atoms with Crippen LogP contribution < -0.4 is 5.32 Å². The number of nitrogens with zero attached hydrogens (tertiary/aromatic N) is 3. The minimum atomic E-state index is -0.661. The lowest BCUT2D eigenvalue weighted by Crippen LogP contribution is -2.09. The fourth-order valence-corrected chi connectivity index (χ4v) is 2.16. The van der Waals surface area contributed by atoms with E-state index < -0.39 is 11.6 Å². The van der Waals surface area contributed by atoms with Crippen molar-refractivity contribution < 1.29 is 8.78 Å². The molecule has 0 fully saturated rings. The lowest BCUT2D eigenvalue weighted by atomic mass is 10.2. The summed E-state index contributed by atoms with van der Waals surface area (Å²) in [5.41, 5.74) is 1.48. The van der Waals surface area contributed by atoms with E-state index in [1.807, 2.05) is 0 Å². The van der Waals surface area contributed by atoms with Crippen molar-refractivity contribution >= 4 is 11.0 Å². The van der Waals surface area contributed by atoms with Crippen LogP contribution in [-0.2, 0) is 6.54 Å². The third kappa shape index (κ3) is 2.04. The van der Waals surface area contributed by atoms with Crippen LogP contribution in [0.15, 0.2) is 36.4 Å². The zero-order valence-corrected chi connectivity index (χ0v) is 10.8.